The van der Waals surface area contributed by atoms with Crippen LogP contribution in [0.15, 0.2) is 70.9 Å². The first-order valence-electron chi connectivity index (χ1n) is 9.37. The molecule has 29 heavy (non-hydrogen) atoms. The van der Waals surface area contributed by atoms with Gasteiger partial charge in [0, 0.05) is 23.4 Å². The van der Waals surface area contributed by atoms with Crippen LogP contribution in [0.4, 0.5) is 5.69 Å². The Labute approximate surface area is 174 Å². The molecule has 1 amide bonds. The zero-order chi connectivity index (χ0) is 20.4. The lowest BCUT2D eigenvalue weighted by atomic mass is 9.93. The first-order valence-corrected chi connectivity index (χ1v) is 12.1. The highest BCUT2D eigenvalue weighted by Gasteiger charge is 2.30. The van der Waals surface area contributed by atoms with Crippen molar-refractivity contribution >= 4 is 32.8 Å². The minimum Gasteiger partial charge on any atom is -0.325 e. The van der Waals surface area contributed by atoms with Crippen LogP contribution in [0.2, 0.25) is 0 Å². The smallest absolute Gasteiger partial charge is 0.238 e. The lowest BCUT2D eigenvalue weighted by Gasteiger charge is -2.35. The Morgan fingerprint density at radius 1 is 1.14 bits per heavy atom. The van der Waals surface area contributed by atoms with E-state index < -0.39 is 9.84 Å². The van der Waals surface area contributed by atoms with E-state index in [1.54, 1.807) is 23.5 Å². The van der Waals surface area contributed by atoms with Crippen LogP contribution < -0.4 is 5.32 Å². The van der Waals surface area contributed by atoms with Crippen LogP contribution in [0.25, 0.3) is 0 Å². The Balaban J connectivity index is 1.54. The molecule has 0 saturated carbocycles. The molecule has 2 aromatic carbocycles. The molecule has 2 heterocycles. The van der Waals surface area contributed by atoms with Gasteiger partial charge in [-0.05, 0) is 47.2 Å². The third-order valence-corrected chi connectivity index (χ3v) is 7.18. The number of nitrogens with one attached hydrogen (secondary N) is 1. The van der Waals surface area contributed by atoms with E-state index in [1.807, 2.05) is 18.2 Å². The fourth-order valence-corrected chi connectivity index (χ4v) is 5.32. The highest BCUT2D eigenvalue weighted by atomic mass is 32.2. The average molecular weight is 427 g/mol. The molecule has 0 bridgehead atoms. The summed E-state index contributed by atoms with van der Waals surface area (Å²) < 4.78 is 23.5. The fraction of sp³-hybridized carbons (Fsp3) is 0.227. The van der Waals surface area contributed by atoms with Crippen molar-refractivity contribution in [2.45, 2.75) is 17.4 Å². The van der Waals surface area contributed by atoms with Gasteiger partial charge in [-0.15, -0.1) is 11.3 Å². The lowest BCUT2D eigenvalue weighted by Crippen LogP contribution is -2.40. The van der Waals surface area contributed by atoms with Gasteiger partial charge < -0.3 is 5.32 Å². The highest BCUT2D eigenvalue weighted by molar-refractivity contribution is 7.90. The number of hydrogen-bond acceptors (Lipinski definition) is 5. The number of nitrogens with zero attached hydrogens (tertiary/aromatic N) is 1. The van der Waals surface area contributed by atoms with Crippen molar-refractivity contribution in [1.82, 2.24) is 4.90 Å². The number of hydrogen-bond donors (Lipinski definition) is 1. The minimum absolute atomic E-state index is 0.0410. The van der Waals surface area contributed by atoms with Crippen molar-refractivity contribution in [2.75, 3.05) is 24.7 Å². The van der Waals surface area contributed by atoms with E-state index >= 15 is 0 Å². The van der Waals surface area contributed by atoms with Crippen LogP contribution in [-0.4, -0.2) is 38.6 Å². The summed E-state index contributed by atoms with van der Waals surface area (Å²) in [5, 5.41) is 4.96. The Bertz CT molecular complexity index is 1120. The lowest BCUT2D eigenvalue weighted by molar-refractivity contribution is -0.117. The summed E-state index contributed by atoms with van der Waals surface area (Å²) >= 11 is 1.77. The molecule has 7 heteroatoms. The van der Waals surface area contributed by atoms with Gasteiger partial charge in [0.2, 0.25) is 5.91 Å². The van der Waals surface area contributed by atoms with Crippen molar-refractivity contribution < 1.29 is 13.2 Å². The summed E-state index contributed by atoms with van der Waals surface area (Å²) in [6, 6.07) is 18.8. The zero-order valence-corrected chi connectivity index (χ0v) is 17.7. The first kappa shape index (κ1) is 19.8. The molecule has 0 unspecified atom stereocenters. The van der Waals surface area contributed by atoms with Gasteiger partial charge in [0.15, 0.2) is 9.84 Å². The molecule has 0 radical (unpaired) electrons. The van der Waals surface area contributed by atoms with Crippen molar-refractivity contribution in [3.05, 3.63) is 82.0 Å². The van der Waals surface area contributed by atoms with E-state index in [-0.39, 0.29) is 23.4 Å². The minimum atomic E-state index is -3.32. The Morgan fingerprint density at radius 3 is 2.69 bits per heavy atom. The second-order valence-corrected chi connectivity index (χ2v) is 10.2. The molecule has 0 aliphatic carbocycles. The van der Waals surface area contributed by atoms with Gasteiger partial charge in [0.25, 0.3) is 0 Å². The van der Waals surface area contributed by atoms with Crippen LogP contribution >= 0.6 is 11.3 Å². The quantitative estimate of drug-likeness (QED) is 0.675. The molecular weight excluding hydrogens is 404 g/mol. The maximum absolute atomic E-state index is 12.8. The van der Waals surface area contributed by atoms with Crippen LogP contribution in [0, 0.1) is 0 Å². The number of carbonyl (C=O) groups is 1. The predicted molar refractivity (Wildman–Crippen MR) is 116 cm³/mol. The van der Waals surface area contributed by atoms with E-state index in [1.165, 1.54) is 28.1 Å². The van der Waals surface area contributed by atoms with Crippen molar-refractivity contribution in [3.8, 4) is 0 Å². The standard InChI is InChI=1S/C22H22N2O3S2/c1-29(26,27)18-9-5-8-17(14-18)23-21(25)15-24-12-10-20-19(11-13-28-20)22(24)16-6-3-2-4-7-16/h2-9,11,13-14,22H,10,12,15H2,1H3,(H,23,25)/t22-/m0/s1. The van der Waals surface area contributed by atoms with Crippen LogP contribution in [-0.2, 0) is 21.1 Å². The number of rotatable bonds is 5. The van der Waals surface area contributed by atoms with Gasteiger partial charge in [0.1, 0.15) is 0 Å². The van der Waals surface area contributed by atoms with E-state index in [9.17, 15) is 13.2 Å². The van der Waals surface area contributed by atoms with E-state index in [2.05, 4.69) is 33.8 Å². The Morgan fingerprint density at radius 2 is 1.93 bits per heavy atom. The highest BCUT2D eigenvalue weighted by Crippen LogP contribution is 2.37. The molecule has 1 aromatic heterocycles. The number of sulfone groups is 1. The Kier molecular flexibility index (Phi) is 5.54. The second kappa shape index (κ2) is 8.10. The molecule has 1 aliphatic heterocycles. The predicted octanol–water partition coefficient (Wildman–Crippen LogP) is 3.74. The zero-order valence-electron chi connectivity index (χ0n) is 16.0. The molecule has 4 rings (SSSR count). The fourth-order valence-electron chi connectivity index (χ4n) is 3.75. The molecule has 150 valence electrons. The van der Waals surface area contributed by atoms with E-state index in [4.69, 9.17) is 0 Å². The molecule has 0 fully saturated rings. The number of fused-ring (bicyclic) bond motifs is 1. The van der Waals surface area contributed by atoms with Crippen molar-refractivity contribution in [3.63, 3.8) is 0 Å². The van der Waals surface area contributed by atoms with Crippen molar-refractivity contribution in [1.29, 1.82) is 0 Å². The van der Waals surface area contributed by atoms with Gasteiger partial charge in [-0.3, -0.25) is 9.69 Å². The van der Waals surface area contributed by atoms with E-state index in [0.717, 1.165) is 19.2 Å². The van der Waals surface area contributed by atoms with Crippen molar-refractivity contribution in [2.24, 2.45) is 0 Å². The molecule has 0 spiro atoms. The molecule has 1 N–H and O–H groups in total. The van der Waals surface area contributed by atoms with Gasteiger partial charge >= 0.3 is 0 Å². The topological polar surface area (TPSA) is 66.5 Å². The number of carbonyl (C=O) groups excluding carboxylic acids is 1. The summed E-state index contributed by atoms with van der Waals surface area (Å²) in [4.78, 5) is 16.5. The summed E-state index contributed by atoms with van der Waals surface area (Å²) in [5.41, 5.74) is 2.92. The number of thiophene rings is 1. The largest absolute Gasteiger partial charge is 0.325 e. The normalized spacial score (nSPS) is 16.9. The van der Waals surface area contributed by atoms with Crippen LogP contribution in [0.3, 0.4) is 0 Å². The summed E-state index contributed by atoms with van der Waals surface area (Å²) in [6.07, 6.45) is 2.08. The second-order valence-electron chi connectivity index (χ2n) is 7.18. The van der Waals surface area contributed by atoms with Gasteiger partial charge in [-0.25, -0.2) is 8.42 Å². The first-order chi connectivity index (χ1) is 13.9. The molecular formula is C22H22N2O3S2. The third-order valence-electron chi connectivity index (χ3n) is 5.07. The van der Waals surface area contributed by atoms with E-state index in [0.29, 0.717) is 5.69 Å². The monoisotopic (exact) mass is 426 g/mol. The molecule has 0 saturated heterocycles. The summed E-state index contributed by atoms with van der Waals surface area (Å²) in [7, 11) is -3.32. The molecule has 5 nitrogen and oxygen atoms in total. The summed E-state index contributed by atoms with van der Waals surface area (Å²) in [5.74, 6) is -0.157. The van der Waals surface area contributed by atoms with Gasteiger partial charge in [-0.2, -0.15) is 0 Å². The SMILES string of the molecule is CS(=O)(=O)c1cccc(NC(=O)CN2CCc3sccc3[C@@H]2c2ccccc2)c1. The molecule has 1 aliphatic rings. The maximum Gasteiger partial charge on any atom is 0.238 e. The third kappa shape index (κ3) is 4.42. The number of benzene rings is 2. The maximum atomic E-state index is 12.8. The molecule has 1 atom stereocenters. The molecule has 3 aromatic rings. The average Bonchev–Trinajstić information content (AvgIpc) is 3.16. The van der Waals surface area contributed by atoms with Crippen LogP contribution in [0.1, 0.15) is 22.0 Å². The van der Waals surface area contributed by atoms with Gasteiger partial charge in [-0.1, -0.05) is 36.4 Å². The van der Waals surface area contributed by atoms with Crippen LogP contribution in [0.5, 0.6) is 0 Å². The number of amides is 1. The number of anilines is 1. The Hall–Kier alpha value is -2.48. The summed E-state index contributed by atoms with van der Waals surface area (Å²) in [6.45, 7) is 1.03. The van der Waals surface area contributed by atoms with Gasteiger partial charge in [0.05, 0.1) is 17.5 Å².